The summed E-state index contributed by atoms with van der Waals surface area (Å²) in [5.74, 6) is 0.736. The van der Waals surface area contributed by atoms with Crippen LogP contribution in [0, 0.1) is 6.92 Å². The highest BCUT2D eigenvalue weighted by Crippen LogP contribution is 2.30. The molecule has 2 atom stereocenters. The fraction of sp³-hybridized carbons (Fsp3) is 0.200. The third-order valence-electron chi connectivity index (χ3n) is 5.44. The Kier molecular flexibility index (Phi) is 6.32. The summed E-state index contributed by atoms with van der Waals surface area (Å²) in [7, 11) is -2.38. The van der Waals surface area contributed by atoms with Gasteiger partial charge in [0.1, 0.15) is 11.9 Å². The van der Waals surface area contributed by atoms with Gasteiger partial charge < -0.3 is 14.4 Å². The maximum absolute atomic E-state index is 12.6. The summed E-state index contributed by atoms with van der Waals surface area (Å²) in [5, 5.41) is 12.1. The Morgan fingerprint density at radius 2 is 1.69 bits per heavy atom. The van der Waals surface area contributed by atoms with E-state index in [2.05, 4.69) is 0 Å². The number of fused-ring (bicyclic) bond motifs is 1. The lowest BCUT2D eigenvalue weighted by molar-refractivity contribution is 0.0785. The highest BCUT2D eigenvalue weighted by Gasteiger charge is 2.27. The first kappa shape index (κ1) is 22.1. The summed E-state index contributed by atoms with van der Waals surface area (Å²) in [4.78, 5) is 0.0603. The van der Waals surface area contributed by atoms with Gasteiger partial charge in [-0.3, -0.25) is 4.18 Å². The SMILES string of the molecule is COc1ccc2c(ccn2C(c2ccccc2)C(O)COS(=O)(=O)c2ccc(C)cc2)c1. The summed E-state index contributed by atoms with van der Waals surface area (Å²) >= 11 is 0. The molecule has 1 heterocycles. The van der Waals surface area contributed by atoms with E-state index in [1.165, 1.54) is 12.1 Å². The lowest BCUT2D eigenvalue weighted by atomic mass is 10.0. The van der Waals surface area contributed by atoms with Gasteiger partial charge in [-0.2, -0.15) is 8.42 Å². The maximum Gasteiger partial charge on any atom is 0.297 e. The fourth-order valence-electron chi connectivity index (χ4n) is 3.75. The second-order valence-electron chi connectivity index (χ2n) is 7.62. The van der Waals surface area contributed by atoms with Gasteiger partial charge in [0.25, 0.3) is 10.1 Å². The van der Waals surface area contributed by atoms with Crippen LogP contribution in [0.5, 0.6) is 5.75 Å². The predicted molar refractivity (Wildman–Crippen MR) is 123 cm³/mol. The number of benzene rings is 3. The standard InChI is InChI=1S/C25H25NO5S/c1-18-8-11-22(12-9-18)32(28,29)31-17-24(27)25(19-6-4-3-5-7-19)26-15-14-20-16-21(30-2)10-13-23(20)26/h3-16,24-25,27H,17H2,1-2H3. The van der Waals surface area contributed by atoms with E-state index in [1.807, 2.05) is 72.3 Å². The summed E-state index contributed by atoms with van der Waals surface area (Å²) in [5.41, 5.74) is 2.67. The smallest absolute Gasteiger partial charge is 0.297 e. The van der Waals surface area contributed by atoms with Crippen molar-refractivity contribution in [1.82, 2.24) is 4.57 Å². The van der Waals surface area contributed by atoms with E-state index in [0.717, 1.165) is 27.8 Å². The lowest BCUT2D eigenvalue weighted by Gasteiger charge is -2.26. The number of hydrogen-bond acceptors (Lipinski definition) is 5. The molecule has 0 spiro atoms. The van der Waals surface area contributed by atoms with Gasteiger partial charge in [0.2, 0.25) is 0 Å². The van der Waals surface area contributed by atoms with E-state index in [0.29, 0.717) is 0 Å². The van der Waals surface area contributed by atoms with Gasteiger partial charge in [-0.1, -0.05) is 48.0 Å². The van der Waals surface area contributed by atoms with Crippen LogP contribution in [0.25, 0.3) is 10.9 Å². The zero-order chi connectivity index (χ0) is 22.7. The van der Waals surface area contributed by atoms with Gasteiger partial charge in [-0.05, 0) is 48.9 Å². The number of aliphatic hydroxyl groups is 1. The molecule has 6 nitrogen and oxygen atoms in total. The molecular formula is C25H25NO5S. The molecule has 2 unspecified atom stereocenters. The third kappa shape index (κ3) is 4.55. The predicted octanol–water partition coefficient (Wildman–Crippen LogP) is 4.31. The van der Waals surface area contributed by atoms with E-state index in [9.17, 15) is 13.5 Å². The Bertz CT molecular complexity index is 1300. The van der Waals surface area contributed by atoms with E-state index < -0.39 is 22.3 Å². The molecule has 0 aliphatic carbocycles. The first-order valence-electron chi connectivity index (χ1n) is 10.2. The van der Waals surface area contributed by atoms with Gasteiger partial charge in [-0.25, -0.2) is 0 Å². The Morgan fingerprint density at radius 3 is 2.38 bits per heavy atom. The van der Waals surface area contributed by atoms with Gasteiger partial charge >= 0.3 is 0 Å². The van der Waals surface area contributed by atoms with Crippen LogP contribution in [0.1, 0.15) is 17.2 Å². The van der Waals surface area contributed by atoms with Crippen molar-refractivity contribution >= 4 is 21.0 Å². The minimum absolute atomic E-state index is 0.0603. The second-order valence-corrected chi connectivity index (χ2v) is 9.24. The molecule has 0 bridgehead atoms. The molecule has 0 aliphatic heterocycles. The van der Waals surface area contributed by atoms with Crippen LogP contribution in [-0.4, -0.2) is 37.9 Å². The molecule has 166 valence electrons. The van der Waals surface area contributed by atoms with Crippen LogP contribution >= 0.6 is 0 Å². The average molecular weight is 452 g/mol. The van der Waals surface area contributed by atoms with Gasteiger partial charge in [-0.15, -0.1) is 0 Å². The van der Waals surface area contributed by atoms with E-state index in [1.54, 1.807) is 19.2 Å². The second kappa shape index (κ2) is 9.16. The van der Waals surface area contributed by atoms with Crippen molar-refractivity contribution in [2.75, 3.05) is 13.7 Å². The molecular weight excluding hydrogens is 426 g/mol. The largest absolute Gasteiger partial charge is 0.497 e. The zero-order valence-electron chi connectivity index (χ0n) is 17.9. The highest BCUT2D eigenvalue weighted by molar-refractivity contribution is 7.86. The van der Waals surface area contributed by atoms with Crippen LogP contribution < -0.4 is 4.74 Å². The van der Waals surface area contributed by atoms with Crippen LogP contribution in [0.4, 0.5) is 0 Å². The molecule has 0 saturated heterocycles. The molecule has 1 aromatic heterocycles. The molecule has 0 saturated carbocycles. The summed E-state index contributed by atoms with van der Waals surface area (Å²) in [6.45, 7) is 1.49. The molecule has 0 amide bonds. The first-order chi connectivity index (χ1) is 15.4. The van der Waals surface area contributed by atoms with E-state index >= 15 is 0 Å². The number of ether oxygens (including phenoxy) is 1. The molecule has 32 heavy (non-hydrogen) atoms. The van der Waals surface area contributed by atoms with Crippen LogP contribution in [0.3, 0.4) is 0 Å². The first-order valence-corrected chi connectivity index (χ1v) is 11.6. The van der Waals surface area contributed by atoms with Gasteiger partial charge in [0, 0.05) is 17.1 Å². The quantitative estimate of drug-likeness (QED) is 0.404. The molecule has 4 rings (SSSR count). The number of methoxy groups -OCH3 is 1. The minimum atomic E-state index is -3.99. The normalized spacial score (nSPS) is 13.7. The number of aliphatic hydroxyl groups excluding tert-OH is 1. The fourth-order valence-corrected chi connectivity index (χ4v) is 4.68. The summed E-state index contributed by atoms with van der Waals surface area (Å²) in [6, 6.07) is 22.9. The number of aromatic nitrogens is 1. The Balaban J connectivity index is 1.65. The van der Waals surface area contributed by atoms with E-state index in [4.69, 9.17) is 8.92 Å². The Labute approximate surface area is 187 Å². The Morgan fingerprint density at radius 1 is 0.969 bits per heavy atom. The average Bonchev–Trinajstić information content (AvgIpc) is 3.22. The lowest BCUT2D eigenvalue weighted by Crippen LogP contribution is -2.30. The number of rotatable bonds is 8. The van der Waals surface area contributed by atoms with Crippen molar-refractivity contribution in [1.29, 1.82) is 0 Å². The summed E-state index contributed by atoms with van der Waals surface area (Å²) < 4.78 is 37.7. The molecule has 0 aliphatic rings. The third-order valence-corrected chi connectivity index (χ3v) is 6.73. The maximum atomic E-state index is 12.6. The minimum Gasteiger partial charge on any atom is -0.497 e. The molecule has 1 N–H and O–H groups in total. The summed E-state index contributed by atoms with van der Waals surface area (Å²) in [6.07, 6.45) is 0.759. The number of hydrogen-bond donors (Lipinski definition) is 1. The van der Waals surface area contributed by atoms with Gasteiger partial charge in [0.15, 0.2) is 0 Å². The molecule has 4 aromatic rings. The van der Waals surface area contributed by atoms with Crippen LogP contribution in [-0.2, 0) is 14.3 Å². The van der Waals surface area contributed by atoms with Crippen molar-refractivity contribution in [3.05, 3.63) is 96.2 Å². The van der Waals surface area contributed by atoms with Crippen molar-refractivity contribution in [3.8, 4) is 5.75 Å². The number of nitrogens with zero attached hydrogens (tertiary/aromatic N) is 1. The number of aryl methyl sites for hydroxylation is 1. The Hall–Kier alpha value is -3.13. The van der Waals surface area contributed by atoms with Crippen molar-refractivity contribution in [3.63, 3.8) is 0 Å². The van der Waals surface area contributed by atoms with Crippen molar-refractivity contribution in [2.45, 2.75) is 24.0 Å². The molecule has 3 aromatic carbocycles. The zero-order valence-corrected chi connectivity index (χ0v) is 18.7. The van der Waals surface area contributed by atoms with Crippen molar-refractivity contribution in [2.24, 2.45) is 0 Å². The van der Waals surface area contributed by atoms with Crippen LogP contribution in [0.15, 0.2) is 90.0 Å². The van der Waals surface area contributed by atoms with E-state index in [-0.39, 0.29) is 11.5 Å². The molecule has 0 fully saturated rings. The highest BCUT2D eigenvalue weighted by atomic mass is 32.2. The van der Waals surface area contributed by atoms with Crippen LogP contribution in [0.2, 0.25) is 0 Å². The monoisotopic (exact) mass is 451 g/mol. The molecule has 0 radical (unpaired) electrons. The molecule has 7 heteroatoms. The van der Waals surface area contributed by atoms with Gasteiger partial charge in [0.05, 0.1) is 24.7 Å². The van der Waals surface area contributed by atoms with Crippen molar-refractivity contribution < 1.29 is 22.4 Å². The topological polar surface area (TPSA) is 77.8 Å².